The fraction of sp³-hybridized carbons (Fsp3) is 0.733. The van der Waals surface area contributed by atoms with E-state index in [0.717, 1.165) is 29.6 Å². The average molecular weight is 277 g/mol. The number of aromatic nitrogens is 1. The van der Waals surface area contributed by atoms with Crippen molar-refractivity contribution in [3.05, 3.63) is 17.3 Å². The Bertz CT molecular complexity index is 536. The molecule has 1 aromatic rings. The Morgan fingerprint density at radius 3 is 2.60 bits per heavy atom. The van der Waals surface area contributed by atoms with Gasteiger partial charge in [-0.2, -0.15) is 0 Å². The highest BCUT2D eigenvalue weighted by Gasteiger charge is 2.67. The molecule has 4 unspecified atom stereocenters. The molecule has 5 heteroatoms. The Kier molecular flexibility index (Phi) is 2.67. The number of ether oxygens (including phenoxy) is 2. The van der Waals surface area contributed by atoms with Gasteiger partial charge in [0.05, 0.1) is 13.7 Å². The van der Waals surface area contributed by atoms with Gasteiger partial charge in [0.25, 0.3) is 0 Å². The fourth-order valence-corrected chi connectivity index (χ4v) is 4.65. The molecular weight excluding hydrogens is 258 g/mol. The second-order valence-corrected chi connectivity index (χ2v) is 6.27. The maximum atomic E-state index is 11.7. The SMILES string of the molecule is COCc1nc(C2C3C4CCC(C4)C23)oc1C(=O)OC. The van der Waals surface area contributed by atoms with Crippen LogP contribution in [-0.4, -0.2) is 25.2 Å². The molecule has 1 heterocycles. The summed E-state index contributed by atoms with van der Waals surface area (Å²) in [5.74, 6) is 4.09. The Labute approximate surface area is 117 Å². The Morgan fingerprint density at radius 1 is 1.30 bits per heavy atom. The molecule has 0 radical (unpaired) electrons. The summed E-state index contributed by atoms with van der Waals surface area (Å²) in [5, 5.41) is 0. The molecule has 5 nitrogen and oxygen atoms in total. The van der Waals surface area contributed by atoms with Crippen molar-refractivity contribution >= 4 is 5.97 Å². The largest absolute Gasteiger partial charge is 0.463 e. The number of hydrogen-bond acceptors (Lipinski definition) is 5. The van der Waals surface area contributed by atoms with Crippen LogP contribution in [0.15, 0.2) is 4.42 Å². The quantitative estimate of drug-likeness (QED) is 0.791. The van der Waals surface area contributed by atoms with Crippen molar-refractivity contribution in [2.24, 2.45) is 23.7 Å². The van der Waals surface area contributed by atoms with E-state index < -0.39 is 5.97 Å². The second-order valence-electron chi connectivity index (χ2n) is 6.27. The van der Waals surface area contributed by atoms with E-state index >= 15 is 0 Å². The van der Waals surface area contributed by atoms with Crippen LogP contribution in [0.4, 0.5) is 0 Å². The van der Waals surface area contributed by atoms with Gasteiger partial charge in [-0.1, -0.05) is 0 Å². The van der Waals surface area contributed by atoms with E-state index in [1.165, 1.54) is 26.4 Å². The van der Waals surface area contributed by atoms with Gasteiger partial charge in [-0.15, -0.1) is 0 Å². The molecule has 3 fully saturated rings. The molecular formula is C15H19NO4. The number of fused-ring (bicyclic) bond motifs is 5. The van der Waals surface area contributed by atoms with Gasteiger partial charge in [0.2, 0.25) is 5.76 Å². The van der Waals surface area contributed by atoms with Gasteiger partial charge >= 0.3 is 5.97 Å². The minimum Gasteiger partial charge on any atom is -0.463 e. The third-order valence-electron chi connectivity index (χ3n) is 5.39. The normalized spacial score (nSPS) is 37.0. The molecule has 0 saturated heterocycles. The van der Waals surface area contributed by atoms with Gasteiger partial charge in [0.1, 0.15) is 5.69 Å². The first-order chi connectivity index (χ1) is 9.74. The zero-order chi connectivity index (χ0) is 13.9. The van der Waals surface area contributed by atoms with E-state index in [0.29, 0.717) is 11.6 Å². The molecule has 20 heavy (non-hydrogen) atoms. The summed E-state index contributed by atoms with van der Waals surface area (Å²) in [4.78, 5) is 16.3. The Morgan fingerprint density at radius 2 is 2.00 bits per heavy atom. The van der Waals surface area contributed by atoms with Crippen LogP contribution in [0.3, 0.4) is 0 Å². The summed E-state index contributed by atoms with van der Waals surface area (Å²) in [6.45, 7) is 0.281. The molecule has 3 saturated carbocycles. The van der Waals surface area contributed by atoms with E-state index in [-0.39, 0.29) is 12.4 Å². The van der Waals surface area contributed by atoms with Crippen LogP contribution in [0.5, 0.6) is 0 Å². The van der Waals surface area contributed by atoms with Gasteiger partial charge < -0.3 is 13.9 Å². The highest BCUT2D eigenvalue weighted by atomic mass is 16.5. The summed E-state index contributed by atoms with van der Waals surface area (Å²) in [6, 6.07) is 0. The third kappa shape index (κ3) is 1.59. The number of nitrogens with zero attached hydrogens (tertiary/aromatic N) is 1. The number of hydrogen-bond donors (Lipinski definition) is 0. The predicted molar refractivity (Wildman–Crippen MR) is 69.1 cm³/mol. The average Bonchev–Trinajstić information content (AvgIpc) is 2.83. The van der Waals surface area contributed by atoms with Crippen molar-refractivity contribution in [3.63, 3.8) is 0 Å². The number of esters is 1. The molecule has 0 aliphatic heterocycles. The van der Waals surface area contributed by atoms with E-state index in [1.54, 1.807) is 7.11 Å². The molecule has 1 aromatic heterocycles. The Balaban J connectivity index is 1.62. The summed E-state index contributed by atoms with van der Waals surface area (Å²) >= 11 is 0. The van der Waals surface area contributed by atoms with Crippen molar-refractivity contribution in [2.75, 3.05) is 14.2 Å². The van der Waals surface area contributed by atoms with E-state index in [4.69, 9.17) is 13.9 Å². The molecule has 0 aromatic carbocycles. The van der Waals surface area contributed by atoms with Gasteiger partial charge in [-0.05, 0) is 42.9 Å². The maximum absolute atomic E-state index is 11.7. The summed E-state index contributed by atoms with van der Waals surface area (Å²) in [5.41, 5.74) is 0.562. The van der Waals surface area contributed by atoms with Crippen molar-refractivity contribution < 1.29 is 18.7 Å². The van der Waals surface area contributed by atoms with Crippen LogP contribution < -0.4 is 0 Å². The van der Waals surface area contributed by atoms with Crippen molar-refractivity contribution in [1.82, 2.24) is 4.98 Å². The van der Waals surface area contributed by atoms with Crippen LogP contribution in [0.2, 0.25) is 0 Å². The summed E-state index contributed by atoms with van der Waals surface area (Å²) in [6.07, 6.45) is 4.11. The molecule has 108 valence electrons. The van der Waals surface area contributed by atoms with Gasteiger partial charge in [0.15, 0.2) is 5.89 Å². The highest BCUT2D eigenvalue weighted by molar-refractivity contribution is 5.87. The fourth-order valence-electron chi connectivity index (χ4n) is 4.65. The maximum Gasteiger partial charge on any atom is 0.376 e. The topological polar surface area (TPSA) is 61.6 Å². The van der Waals surface area contributed by atoms with Crippen LogP contribution in [0.1, 0.15) is 47.3 Å². The molecule has 4 atom stereocenters. The molecule has 3 aliphatic rings. The Hall–Kier alpha value is -1.36. The van der Waals surface area contributed by atoms with Crippen molar-refractivity contribution in [1.29, 1.82) is 0 Å². The predicted octanol–water partition coefficient (Wildman–Crippen LogP) is 2.37. The molecule has 0 amide bonds. The highest BCUT2D eigenvalue weighted by Crippen LogP contribution is 2.72. The number of oxazole rings is 1. The van der Waals surface area contributed by atoms with E-state index in [2.05, 4.69) is 4.98 Å². The van der Waals surface area contributed by atoms with E-state index in [9.17, 15) is 4.79 Å². The lowest BCUT2D eigenvalue weighted by atomic mass is 10.0. The summed E-state index contributed by atoms with van der Waals surface area (Å²) < 4.78 is 15.6. The van der Waals surface area contributed by atoms with Crippen molar-refractivity contribution in [3.8, 4) is 0 Å². The zero-order valence-electron chi connectivity index (χ0n) is 11.8. The van der Waals surface area contributed by atoms with Gasteiger partial charge in [0, 0.05) is 13.0 Å². The number of carbonyl (C=O) groups is 1. The number of carbonyl (C=O) groups excluding carboxylic acids is 1. The summed E-state index contributed by atoms with van der Waals surface area (Å²) in [7, 11) is 2.94. The molecule has 4 rings (SSSR count). The standard InChI is InChI=1S/C15H19NO4/c1-18-6-9-13(15(17)19-2)20-14(16-9)12-10-7-3-4-8(5-7)11(10)12/h7-8,10-12H,3-6H2,1-2H3. The smallest absolute Gasteiger partial charge is 0.376 e. The third-order valence-corrected chi connectivity index (χ3v) is 5.39. The lowest BCUT2D eigenvalue weighted by Crippen LogP contribution is -2.04. The molecule has 0 spiro atoms. The second kappa shape index (κ2) is 4.32. The minimum absolute atomic E-state index is 0.210. The first-order valence-corrected chi connectivity index (χ1v) is 7.31. The van der Waals surface area contributed by atoms with Crippen molar-refractivity contribution in [2.45, 2.75) is 31.8 Å². The molecule has 2 bridgehead atoms. The van der Waals surface area contributed by atoms with Gasteiger partial charge in [-0.3, -0.25) is 0 Å². The molecule has 3 aliphatic carbocycles. The number of methoxy groups -OCH3 is 2. The van der Waals surface area contributed by atoms with Gasteiger partial charge in [-0.25, -0.2) is 9.78 Å². The zero-order valence-corrected chi connectivity index (χ0v) is 11.8. The van der Waals surface area contributed by atoms with E-state index in [1.807, 2.05) is 0 Å². The molecule has 0 N–H and O–H groups in total. The van der Waals surface area contributed by atoms with Crippen LogP contribution in [-0.2, 0) is 16.1 Å². The van der Waals surface area contributed by atoms with Crippen LogP contribution in [0, 0.1) is 23.7 Å². The first kappa shape index (κ1) is 12.4. The van der Waals surface area contributed by atoms with Crippen LogP contribution >= 0.6 is 0 Å². The monoisotopic (exact) mass is 277 g/mol. The first-order valence-electron chi connectivity index (χ1n) is 7.31. The van der Waals surface area contributed by atoms with Crippen LogP contribution in [0.25, 0.3) is 0 Å². The lowest BCUT2D eigenvalue weighted by molar-refractivity contribution is 0.0556. The lowest BCUT2D eigenvalue weighted by Gasteiger charge is -2.04. The number of rotatable bonds is 4. The minimum atomic E-state index is -0.468.